The maximum absolute atomic E-state index is 5.82. The van der Waals surface area contributed by atoms with Gasteiger partial charge in [-0.05, 0) is 24.6 Å². The first-order valence-corrected chi connectivity index (χ1v) is 6.57. The summed E-state index contributed by atoms with van der Waals surface area (Å²) in [5.74, 6) is -0.585. The summed E-state index contributed by atoms with van der Waals surface area (Å²) in [7, 11) is 1.92. The van der Waals surface area contributed by atoms with Crippen molar-refractivity contribution in [2.24, 2.45) is 0 Å². The van der Waals surface area contributed by atoms with Crippen LogP contribution in [0.2, 0.25) is 0 Å². The number of nitrogens with one attached hydrogen (secondary N) is 1. The van der Waals surface area contributed by atoms with Crippen molar-refractivity contribution in [1.82, 2.24) is 5.32 Å². The van der Waals surface area contributed by atoms with Crippen molar-refractivity contribution in [1.29, 1.82) is 0 Å². The van der Waals surface area contributed by atoms with Crippen molar-refractivity contribution >= 4 is 21.4 Å². The number of likely N-dealkylation sites (N-methyl/N-ethyl adjacent to an activating group) is 1. The quantitative estimate of drug-likeness (QED) is 0.905. The summed E-state index contributed by atoms with van der Waals surface area (Å²) in [6, 6.07) is 10.5. The molecule has 1 aromatic carbocycles. The molecule has 90 valence electrons. The Bertz CT molecular complexity index is 484. The highest BCUT2D eigenvalue weighted by atomic mass is 32.1. The minimum Gasteiger partial charge on any atom is -0.342 e. The Kier molecular flexibility index (Phi) is 2.88. The van der Waals surface area contributed by atoms with Crippen LogP contribution in [0.25, 0.3) is 10.1 Å². The van der Waals surface area contributed by atoms with Crippen molar-refractivity contribution < 1.29 is 9.47 Å². The molecule has 1 fully saturated rings. The van der Waals surface area contributed by atoms with Crippen LogP contribution in [0.1, 0.15) is 4.88 Å². The van der Waals surface area contributed by atoms with E-state index in [-0.39, 0.29) is 0 Å². The third-order valence-corrected chi connectivity index (χ3v) is 4.20. The number of benzene rings is 1. The normalized spacial score (nSPS) is 18.9. The average molecular weight is 249 g/mol. The molecule has 0 saturated carbocycles. The van der Waals surface area contributed by atoms with E-state index in [1.807, 2.05) is 7.05 Å². The van der Waals surface area contributed by atoms with Gasteiger partial charge in [0, 0.05) is 4.70 Å². The summed E-state index contributed by atoms with van der Waals surface area (Å²) in [6.45, 7) is 2.01. The molecular formula is C13H15NO2S. The van der Waals surface area contributed by atoms with Crippen LogP contribution in [0.3, 0.4) is 0 Å². The van der Waals surface area contributed by atoms with Gasteiger partial charge in [0.25, 0.3) is 0 Å². The molecule has 0 aliphatic carbocycles. The highest BCUT2D eigenvalue weighted by Gasteiger charge is 2.39. The van der Waals surface area contributed by atoms with Crippen molar-refractivity contribution in [3.63, 3.8) is 0 Å². The lowest BCUT2D eigenvalue weighted by Crippen LogP contribution is -2.37. The van der Waals surface area contributed by atoms with E-state index in [2.05, 4.69) is 35.6 Å². The van der Waals surface area contributed by atoms with Crippen LogP contribution in [0, 0.1) is 0 Å². The molecule has 0 bridgehead atoms. The Balaban J connectivity index is 2.05. The van der Waals surface area contributed by atoms with E-state index < -0.39 is 5.79 Å². The molecule has 0 radical (unpaired) electrons. The average Bonchev–Trinajstić information content (AvgIpc) is 2.95. The number of fused-ring (bicyclic) bond motifs is 1. The van der Waals surface area contributed by atoms with Crippen LogP contribution in [0.5, 0.6) is 0 Å². The molecule has 0 amide bonds. The second-order valence-electron chi connectivity index (χ2n) is 4.13. The van der Waals surface area contributed by atoms with Crippen molar-refractivity contribution in [3.8, 4) is 0 Å². The Morgan fingerprint density at radius 2 is 2.06 bits per heavy atom. The molecule has 17 heavy (non-hydrogen) atoms. The number of hydrogen-bond acceptors (Lipinski definition) is 4. The van der Waals surface area contributed by atoms with Crippen LogP contribution in [-0.4, -0.2) is 26.8 Å². The van der Waals surface area contributed by atoms with Gasteiger partial charge in [-0.3, -0.25) is 0 Å². The van der Waals surface area contributed by atoms with Crippen LogP contribution >= 0.6 is 11.3 Å². The highest BCUT2D eigenvalue weighted by Crippen LogP contribution is 2.38. The molecule has 1 saturated heterocycles. The molecule has 1 N–H and O–H groups in total. The Morgan fingerprint density at radius 3 is 2.76 bits per heavy atom. The van der Waals surface area contributed by atoms with Gasteiger partial charge in [0.2, 0.25) is 5.79 Å². The first kappa shape index (κ1) is 11.2. The molecular weight excluding hydrogens is 234 g/mol. The molecule has 0 unspecified atom stereocenters. The fourth-order valence-corrected chi connectivity index (χ4v) is 3.35. The highest BCUT2D eigenvalue weighted by molar-refractivity contribution is 7.19. The van der Waals surface area contributed by atoms with Crippen molar-refractivity contribution in [3.05, 3.63) is 35.2 Å². The van der Waals surface area contributed by atoms with Gasteiger partial charge < -0.3 is 14.8 Å². The largest absolute Gasteiger partial charge is 0.342 e. The second kappa shape index (κ2) is 4.38. The van der Waals surface area contributed by atoms with E-state index in [0.717, 1.165) is 4.88 Å². The fraction of sp³-hybridized carbons (Fsp3) is 0.385. The standard InChI is InChI=1S/C13H15NO2S/c1-14-9-13(15-6-7-16-13)12-8-10-4-2-3-5-11(10)17-12/h2-5,8,14H,6-7,9H2,1H3. The zero-order chi connectivity index (χ0) is 11.7. The lowest BCUT2D eigenvalue weighted by Gasteiger charge is -2.25. The minimum atomic E-state index is -0.585. The van der Waals surface area contributed by atoms with Gasteiger partial charge in [0.05, 0.1) is 24.6 Å². The second-order valence-corrected chi connectivity index (χ2v) is 5.21. The first-order valence-electron chi connectivity index (χ1n) is 5.76. The van der Waals surface area contributed by atoms with Crippen LogP contribution in [0.15, 0.2) is 30.3 Å². The monoisotopic (exact) mass is 249 g/mol. The smallest absolute Gasteiger partial charge is 0.217 e. The predicted molar refractivity (Wildman–Crippen MR) is 69.3 cm³/mol. The van der Waals surface area contributed by atoms with Gasteiger partial charge in [0.15, 0.2) is 0 Å². The summed E-state index contributed by atoms with van der Waals surface area (Å²) in [4.78, 5) is 1.14. The van der Waals surface area contributed by atoms with E-state index in [9.17, 15) is 0 Å². The van der Waals surface area contributed by atoms with Crippen LogP contribution in [0.4, 0.5) is 0 Å². The summed E-state index contributed by atoms with van der Waals surface area (Å²) in [5, 5.41) is 4.40. The zero-order valence-electron chi connectivity index (χ0n) is 9.73. The fourth-order valence-electron chi connectivity index (χ4n) is 2.19. The number of rotatable bonds is 3. The Hall–Kier alpha value is -0.940. The number of ether oxygens (including phenoxy) is 2. The van der Waals surface area contributed by atoms with Gasteiger partial charge >= 0.3 is 0 Å². The van der Waals surface area contributed by atoms with Crippen LogP contribution < -0.4 is 5.32 Å². The van der Waals surface area contributed by atoms with Crippen LogP contribution in [-0.2, 0) is 15.3 Å². The SMILES string of the molecule is CNCC1(c2cc3ccccc3s2)OCCO1. The zero-order valence-corrected chi connectivity index (χ0v) is 10.5. The summed E-state index contributed by atoms with van der Waals surface area (Å²) in [5.41, 5.74) is 0. The maximum Gasteiger partial charge on any atom is 0.217 e. The molecule has 1 aliphatic rings. The third-order valence-electron chi connectivity index (χ3n) is 2.96. The number of hydrogen-bond donors (Lipinski definition) is 1. The summed E-state index contributed by atoms with van der Waals surface area (Å²) >= 11 is 1.74. The van der Waals surface area contributed by atoms with Gasteiger partial charge in [-0.15, -0.1) is 11.3 Å². The summed E-state index contributed by atoms with van der Waals surface area (Å²) in [6.07, 6.45) is 0. The first-order chi connectivity index (χ1) is 8.34. The molecule has 0 atom stereocenters. The molecule has 1 aromatic heterocycles. The maximum atomic E-state index is 5.82. The molecule has 2 aromatic rings. The van der Waals surface area contributed by atoms with Gasteiger partial charge in [0.1, 0.15) is 0 Å². The van der Waals surface area contributed by atoms with E-state index in [4.69, 9.17) is 9.47 Å². The molecule has 4 heteroatoms. The van der Waals surface area contributed by atoms with E-state index in [1.54, 1.807) is 11.3 Å². The molecule has 1 aliphatic heterocycles. The Morgan fingerprint density at radius 1 is 1.29 bits per heavy atom. The van der Waals surface area contributed by atoms with E-state index in [0.29, 0.717) is 19.8 Å². The number of thiophene rings is 1. The summed E-state index contributed by atoms with van der Waals surface area (Å²) < 4.78 is 12.9. The van der Waals surface area contributed by atoms with Gasteiger partial charge in [-0.1, -0.05) is 18.2 Å². The van der Waals surface area contributed by atoms with E-state index >= 15 is 0 Å². The van der Waals surface area contributed by atoms with Crippen molar-refractivity contribution in [2.45, 2.75) is 5.79 Å². The lowest BCUT2D eigenvalue weighted by atomic mass is 10.2. The van der Waals surface area contributed by atoms with E-state index in [1.165, 1.54) is 10.1 Å². The predicted octanol–water partition coefficient (Wildman–Crippen LogP) is 2.32. The molecule has 3 nitrogen and oxygen atoms in total. The van der Waals surface area contributed by atoms with Crippen molar-refractivity contribution in [2.75, 3.05) is 26.8 Å². The Labute approximate surface area is 104 Å². The third kappa shape index (κ3) is 1.87. The van der Waals surface area contributed by atoms with Gasteiger partial charge in [-0.2, -0.15) is 0 Å². The lowest BCUT2D eigenvalue weighted by molar-refractivity contribution is -0.158. The van der Waals surface area contributed by atoms with Gasteiger partial charge in [-0.25, -0.2) is 0 Å². The molecule has 0 spiro atoms. The topological polar surface area (TPSA) is 30.5 Å². The molecule has 2 heterocycles. The molecule has 3 rings (SSSR count). The minimum absolute atomic E-state index is 0.585.